The van der Waals surface area contributed by atoms with Crippen LogP contribution in [0.3, 0.4) is 0 Å². The number of carbonyl (C=O) groups excluding carboxylic acids is 1. The average Bonchev–Trinajstić information content (AvgIpc) is 2.85. The molecule has 0 atom stereocenters. The van der Waals surface area contributed by atoms with Crippen LogP contribution < -0.4 is 14.8 Å². The smallest absolute Gasteiger partial charge is 0.308 e. The van der Waals surface area contributed by atoms with Gasteiger partial charge in [-0.1, -0.05) is 0 Å². The van der Waals surface area contributed by atoms with Crippen LogP contribution in [0.2, 0.25) is 0 Å². The molecule has 7 nitrogen and oxygen atoms in total. The van der Waals surface area contributed by atoms with E-state index in [1.54, 1.807) is 31.2 Å². The molecule has 8 heteroatoms. The van der Waals surface area contributed by atoms with Gasteiger partial charge in [0.2, 0.25) is 0 Å². The van der Waals surface area contributed by atoms with E-state index in [1.807, 2.05) is 6.92 Å². The minimum atomic E-state index is -0.932. The Morgan fingerprint density at radius 2 is 1.83 bits per heavy atom. The molecule has 1 aromatic heterocycles. The third-order valence-electron chi connectivity index (χ3n) is 2.96. The molecule has 2 aromatic rings. The quantitative estimate of drug-likeness (QED) is 0.759. The lowest BCUT2D eigenvalue weighted by molar-refractivity contribution is -0.136. The number of anilines is 1. The Labute approximate surface area is 143 Å². The van der Waals surface area contributed by atoms with E-state index in [4.69, 9.17) is 14.6 Å². The zero-order valence-corrected chi connectivity index (χ0v) is 14.2. The van der Waals surface area contributed by atoms with Crippen molar-refractivity contribution < 1.29 is 24.2 Å². The van der Waals surface area contributed by atoms with Gasteiger partial charge in [-0.15, -0.1) is 11.3 Å². The molecular weight excluding hydrogens is 332 g/mol. The number of carboxylic acids is 1. The standard InChI is InChI=1S/C16H18N2O5S/c1-3-22-11-4-6-12(7-5-11)23-9-14(19)18-16-17-10(2)13(24-16)8-15(20)21/h4-7H,3,8-9H2,1-2H3,(H,20,21)(H,17,18,19). The summed E-state index contributed by atoms with van der Waals surface area (Å²) in [5, 5.41) is 11.8. The lowest BCUT2D eigenvalue weighted by atomic mass is 10.3. The van der Waals surface area contributed by atoms with Crippen LogP contribution >= 0.6 is 11.3 Å². The molecule has 1 aromatic carbocycles. The lowest BCUT2D eigenvalue weighted by Crippen LogP contribution is -2.20. The number of amides is 1. The Kier molecular flexibility index (Phi) is 6.14. The summed E-state index contributed by atoms with van der Waals surface area (Å²) < 4.78 is 10.7. The molecule has 128 valence electrons. The van der Waals surface area contributed by atoms with Gasteiger partial charge in [0, 0.05) is 4.88 Å². The Hall–Kier alpha value is -2.61. The fourth-order valence-electron chi connectivity index (χ4n) is 1.89. The van der Waals surface area contributed by atoms with E-state index in [-0.39, 0.29) is 18.9 Å². The van der Waals surface area contributed by atoms with Gasteiger partial charge in [-0.05, 0) is 38.1 Å². The largest absolute Gasteiger partial charge is 0.494 e. The van der Waals surface area contributed by atoms with Crippen molar-refractivity contribution in [3.63, 3.8) is 0 Å². The van der Waals surface area contributed by atoms with E-state index in [1.165, 1.54) is 0 Å². The van der Waals surface area contributed by atoms with Crippen LogP contribution in [0.15, 0.2) is 24.3 Å². The third kappa shape index (κ3) is 5.24. The van der Waals surface area contributed by atoms with Crippen LogP contribution in [0.25, 0.3) is 0 Å². The van der Waals surface area contributed by atoms with Crippen molar-refractivity contribution in [2.45, 2.75) is 20.3 Å². The number of nitrogens with one attached hydrogen (secondary N) is 1. The minimum absolute atomic E-state index is 0.109. The number of hydrogen-bond acceptors (Lipinski definition) is 6. The first-order valence-corrected chi connectivity index (χ1v) is 8.13. The number of carbonyl (C=O) groups is 2. The zero-order valence-electron chi connectivity index (χ0n) is 13.4. The van der Waals surface area contributed by atoms with E-state index in [0.717, 1.165) is 17.1 Å². The molecule has 2 rings (SSSR count). The predicted octanol–water partition coefficient (Wildman–Crippen LogP) is 2.49. The van der Waals surface area contributed by atoms with Crippen LogP contribution in [-0.2, 0) is 16.0 Å². The number of ether oxygens (including phenoxy) is 2. The summed E-state index contributed by atoms with van der Waals surface area (Å²) >= 11 is 1.15. The van der Waals surface area contributed by atoms with Gasteiger partial charge in [0.25, 0.3) is 5.91 Å². The van der Waals surface area contributed by atoms with Crippen molar-refractivity contribution in [2.75, 3.05) is 18.5 Å². The summed E-state index contributed by atoms with van der Waals surface area (Å²) in [6.45, 7) is 4.03. The summed E-state index contributed by atoms with van der Waals surface area (Å²) in [6.07, 6.45) is -0.109. The van der Waals surface area contributed by atoms with E-state index in [2.05, 4.69) is 10.3 Å². The lowest BCUT2D eigenvalue weighted by Gasteiger charge is -2.07. The molecule has 0 bridgehead atoms. The Morgan fingerprint density at radius 3 is 2.42 bits per heavy atom. The summed E-state index contributed by atoms with van der Waals surface area (Å²) in [5.74, 6) is -0.00743. The van der Waals surface area contributed by atoms with Gasteiger partial charge in [0.05, 0.1) is 18.7 Å². The number of nitrogens with zero attached hydrogens (tertiary/aromatic N) is 1. The van der Waals surface area contributed by atoms with E-state index in [0.29, 0.717) is 28.1 Å². The van der Waals surface area contributed by atoms with E-state index in [9.17, 15) is 9.59 Å². The Morgan fingerprint density at radius 1 is 1.21 bits per heavy atom. The molecule has 24 heavy (non-hydrogen) atoms. The summed E-state index contributed by atoms with van der Waals surface area (Å²) in [7, 11) is 0. The summed E-state index contributed by atoms with van der Waals surface area (Å²) in [6, 6.07) is 6.96. The topological polar surface area (TPSA) is 97.8 Å². The van der Waals surface area contributed by atoms with Crippen molar-refractivity contribution in [3.8, 4) is 11.5 Å². The number of aromatic nitrogens is 1. The first kappa shape index (κ1) is 17.7. The maximum absolute atomic E-state index is 11.9. The highest BCUT2D eigenvalue weighted by molar-refractivity contribution is 7.16. The molecule has 1 heterocycles. The zero-order chi connectivity index (χ0) is 17.5. The second kappa shape index (κ2) is 8.30. The molecule has 0 spiro atoms. The number of aliphatic carboxylic acids is 1. The molecular formula is C16H18N2O5S. The molecule has 0 aliphatic carbocycles. The molecule has 0 aliphatic rings. The van der Waals surface area contributed by atoms with E-state index >= 15 is 0 Å². The number of hydrogen-bond donors (Lipinski definition) is 2. The van der Waals surface area contributed by atoms with Crippen LogP contribution in [0.4, 0.5) is 5.13 Å². The third-order valence-corrected chi connectivity index (χ3v) is 4.03. The van der Waals surface area contributed by atoms with Crippen LogP contribution in [0.5, 0.6) is 11.5 Å². The molecule has 0 radical (unpaired) electrons. The van der Waals surface area contributed by atoms with Gasteiger partial charge >= 0.3 is 5.97 Å². The molecule has 0 aliphatic heterocycles. The van der Waals surface area contributed by atoms with Gasteiger partial charge in [-0.25, -0.2) is 4.98 Å². The van der Waals surface area contributed by atoms with Crippen molar-refractivity contribution >= 4 is 28.3 Å². The van der Waals surface area contributed by atoms with Crippen LogP contribution in [0, 0.1) is 6.92 Å². The van der Waals surface area contributed by atoms with Crippen molar-refractivity contribution in [1.29, 1.82) is 0 Å². The van der Waals surface area contributed by atoms with E-state index < -0.39 is 5.97 Å². The van der Waals surface area contributed by atoms with Gasteiger partial charge in [-0.3, -0.25) is 14.9 Å². The minimum Gasteiger partial charge on any atom is -0.494 e. The number of aryl methyl sites for hydroxylation is 1. The normalized spacial score (nSPS) is 10.2. The maximum Gasteiger partial charge on any atom is 0.308 e. The van der Waals surface area contributed by atoms with Crippen LogP contribution in [-0.4, -0.2) is 35.2 Å². The second-order valence-electron chi connectivity index (χ2n) is 4.84. The molecule has 0 unspecified atom stereocenters. The van der Waals surface area contributed by atoms with Crippen molar-refractivity contribution in [3.05, 3.63) is 34.8 Å². The first-order valence-electron chi connectivity index (χ1n) is 7.31. The summed E-state index contributed by atoms with van der Waals surface area (Å²) in [4.78, 5) is 27.4. The summed E-state index contributed by atoms with van der Waals surface area (Å²) in [5.41, 5.74) is 0.602. The number of thiazole rings is 1. The molecule has 1 amide bonds. The molecule has 0 fully saturated rings. The predicted molar refractivity (Wildman–Crippen MR) is 89.9 cm³/mol. The van der Waals surface area contributed by atoms with Crippen molar-refractivity contribution in [2.24, 2.45) is 0 Å². The highest BCUT2D eigenvalue weighted by atomic mass is 32.1. The van der Waals surface area contributed by atoms with Gasteiger partial charge in [0.1, 0.15) is 11.5 Å². The van der Waals surface area contributed by atoms with Crippen LogP contribution in [0.1, 0.15) is 17.5 Å². The first-order chi connectivity index (χ1) is 11.5. The monoisotopic (exact) mass is 350 g/mol. The highest BCUT2D eigenvalue weighted by Gasteiger charge is 2.13. The fraction of sp³-hybridized carbons (Fsp3) is 0.312. The fourth-order valence-corrected chi connectivity index (χ4v) is 2.86. The number of benzene rings is 1. The molecule has 2 N–H and O–H groups in total. The van der Waals surface area contributed by atoms with Crippen molar-refractivity contribution in [1.82, 2.24) is 4.98 Å². The number of rotatable bonds is 8. The second-order valence-corrected chi connectivity index (χ2v) is 5.92. The van der Waals surface area contributed by atoms with Gasteiger partial charge < -0.3 is 14.6 Å². The molecule has 0 saturated heterocycles. The van der Waals surface area contributed by atoms with Gasteiger partial charge in [-0.2, -0.15) is 0 Å². The Bertz CT molecular complexity index is 712. The number of carboxylic acid groups (broad SMARTS) is 1. The van der Waals surface area contributed by atoms with Gasteiger partial charge in [0.15, 0.2) is 11.7 Å². The molecule has 0 saturated carbocycles. The maximum atomic E-state index is 11.9. The highest BCUT2D eigenvalue weighted by Crippen LogP contribution is 2.23. The average molecular weight is 350 g/mol. The SMILES string of the molecule is CCOc1ccc(OCC(=O)Nc2nc(C)c(CC(=O)O)s2)cc1. The Balaban J connectivity index is 1.85.